The number of pyridine rings is 2. The summed E-state index contributed by atoms with van der Waals surface area (Å²) in [7, 11) is 0. The summed E-state index contributed by atoms with van der Waals surface area (Å²) in [5.41, 5.74) is 3.43. The molecule has 0 spiro atoms. The van der Waals surface area contributed by atoms with Crippen LogP contribution >= 0.6 is 11.6 Å². The summed E-state index contributed by atoms with van der Waals surface area (Å²) in [6.07, 6.45) is 7.54. The predicted molar refractivity (Wildman–Crippen MR) is 95.2 cm³/mol. The Kier molecular flexibility index (Phi) is 4.29. The number of hydrogen-bond acceptors (Lipinski definition) is 5. The third kappa shape index (κ3) is 3.45. The van der Waals surface area contributed by atoms with Crippen LogP contribution in [0.4, 0.5) is 0 Å². The Balaban J connectivity index is 1.58. The van der Waals surface area contributed by atoms with Gasteiger partial charge in [0.2, 0.25) is 0 Å². The molecule has 25 heavy (non-hydrogen) atoms. The molecular formula is C18H16ClN5O. The van der Waals surface area contributed by atoms with Crippen molar-refractivity contribution in [3.05, 3.63) is 75.2 Å². The molecule has 0 aromatic carbocycles. The van der Waals surface area contributed by atoms with Gasteiger partial charge >= 0.3 is 0 Å². The highest BCUT2D eigenvalue weighted by Crippen LogP contribution is 2.20. The average molecular weight is 354 g/mol. The second-order valence-electron chi connectivity index (χ2n) is 6.05. The standard InChI is InChI=1S/C18H16ClN5O/c19-14-7-12(8-21-9-14)10-24-6-3-16-15(11-24)18(25)23-17(22-16)13-1-4-20-5-2-13/h1-2,4-5,7-9H,3,6,10-11H2,(H,22,23,25). The molecule has 0 fully saturated rings. The van der Waals surface area contributed by atoms with Crippen LogP contribution in [0.2, 0.25) is 5.02 Å². The minimum Gasteiger partial charge on any atom is -0.306 e. The van der Waals surface area contributed by atoms with E-state index in [0.717, 1.165) is 35.3 Å². The molecule has 0 saturated carbocycles. The Bertz CT molecular complexity index is 957. The molecule has 4 heterocycles. The highest BCUT2D eigenvalue weighted by molar-refractivity contribution is 6.30. The molecule has 0 saturated heterocycles. The smallest absolute Gasteiger partial charge is 0.255 e. The third-order valence-electron chi connectivity index (χ3n) is 4.27. The van der Waals surface area contributed by atoms with Gasteiger partial charge in [-0.15, -0.1) is 0 Å². The van der Waals surface area contributed by atoms with E-state index >= 15 is 0 Å². The summed E-state index contributed by atoms with van der Waals surface area (Å²) in [4.78, 5) is 30.4. The summed E-state index contributed by atoms with van der Waals surface area (Å²) in [6, 6.07) is 5.58. The lowest BCUT2D eigenvalue weighted by Gasteiger charge is -2.27. The number of aromatic amines is 1. The molecule has 126 valence electrons. The molecule has 0 unspecified atom stereocenters. The summed E-state index contributed by atoms with van der Waals surface area (Å²) < 4.78 is 0. The number of nitrogens with one attached hydrogen (secondary N) is 1. The lowest BCUT2D eigenvalue weighted by atomic mass is 10.1. The van der Waals surface area contributed by atoms with Gasteiger partial charge in [-0.2, -0.15) is 0 Å². The molecular weight excluding hydrogens is 338 g/mol. The van der Waals surface area contributed by atoms with Gasteiger partial charge in [-0.25, -0.2) is 4.98 Å². The van der Waals surface area contributed by atoms with Gasteiger partial charge in [-0.3, -0.25) is 19.7 Å². The summed E-state index contributed by atoms with van der Waals surface area (Å²) in [6.45, 7) is 2.12. The van der Waals surface area contributed by atoms with Crippen molar-refractivity contribution in [1.29, 1.82) is 0 Å². The van der Waals surface area contributed by atoms with E-state index in [1.807, 2.05) is 18.2 Å². The van der Waals surface area contributed by atoms with E-state index in [2.05, 4.69) is 24.8 Å². The van der Waals surface area contributed by atoms with Crippen LogP contribution in [0.25, 0.3) is 11.4 Å². The molecule has 1 aliphatic heterocycles. The van der Waals surface area contributed by atoms with Crippen LogP contribution < -0.4 is 5.56 Å². The summed E-state index contributed by atoms with van der Waals surface area (Å²) in [5, 5.41) is 0.622. The first-order valence-electron chi connectivity index (χ1n) is 8.03. The minimum absolute atomic E-state index is 0.0780. The van der Waals surface area contributed by atoms with E-state index in [1.54, 1.807) is 24.8 Å². The quantitative estimate of drug-likeness (QED) is 0.782. The Morgan fingerprint density at radius 2 is 2.04 bits per heavy atom. The number of rotatable bonds is 3. The molecule has 0 atom stereocenters. The van der Waals surface area contributed by atoms with Crippen molar-refractivity contribution in [2.24, 2.45) is 0 Å². The van der Waals surface area contributed by atoms with Gasteiger partial charge in [0.1, 0.15) is 5.82 Å². The largest absolute Gasteiger partial charge is 0.306 e. The van der Waals surface area contributed by atoms with Crippen molar-refractivity contribution in [2.75, 3.05) is 6.54 Å². The lowest BCUT2D eigenvalue weighted by Crippen LogP contribution is -2.35. The maximum absolute atomic E-state index is 12.5. The number of aromatic nitrogens is 4. The van der Waals surface area contributed by atoms with E-state index in [1.165, 1.54) is 0 Å². The minimum atomic E-state index is -0.0780. The van der Waals surface area contributed by atoms with Crippen molar-refractivity contribution in [1.82, 2.24) is 24.8 Å². The Labute approximate surface area is 149 Å². The zero-order valence-corrected chi connectivity index (χ0v) is 14.2. The normalized spacial score (nSPS) is 14.3. The van der Waals surface area contributed by atoms with E-state index in [4.69, 9.17) is 11.6 Å². The van der Waals surface area contributed by atoms with Crippen molar-refractivity contribution in [3.63, 3.8) is 0 Å². The molecule has 0 bridgehead atoms. The Morgan fingerprint density at radius 1 is 1.20 bits per heavy atom. The van der Waals surface area contributed by atoms with Crippen LogP contribution in [-0.4, -0.2) is 31.4 Å². The van der Waals surface area contributed by atoms with Gasteiger partial charge in [-0.05, 0) is 23.8 Å². The second-order valence-corrected chi connectivity index (χ2v) is 6.48. The van der Waals surface area contributed by atoms with Crippen LogP contribution in [0, 0.1) is 0 Å². The number of nitrogens with zero attached hydrogens (tertiary/aromatic N) is 4. The average Bonchev–Trinajstić information content (AvgIpc) is 2.63. The van der Waals surface area contributed by atoms with E-state index in [9.17, 15) is 4.79 Å². The molecule has 4 rings (SSSR count). The maximum Gasteiger partial charge on any atom is 0.255 e. The summed E-state index contributed by atoms with van der Waals surface area (Å²) >= 11 is 5.99. The first-order chi connectivity index (χ1) is 12.2. The zero-order chi connectivity index (χ0) is 17.2. The lowest BCUT2D eigenvalue weighted by molar-refractivity contribution is 0.241. The van der Waals surface area contributed by atoms with Gasteiger partial charge in [0.05, 0.1) is 16.3 Å². The van der Waals surface area contributed by atoms with Gasteiger partial charge in [-0.1, -0.05) is 11.6 Å². The molecule has 6 nitrogen and oxygen atoms in total. The molecule has 0 radical (unpaired) electrons. The summed E-state index contributed by atoms with van der Waals surface area (Å²) in [5.74, 6) is 0.596. The van der Waals surface area contributed by atoms with Gasteiger partial charge in [0.15, 0.2) is 0 Å². The van der Waals surface area contributed by atoms with Crippen LogP contribution in [0.5, 0.6) is 0 Å². The van der Waals surface area contributed by atoms with Crippen LogP contribution in [0.1, 0.15) is 16.8 Å². The maximum atomic E-state index is 12.5. The molecule has 0 amide bonds. The molecule has 1 N–H and O–H groups in total. The fourth-order valence-electron chi connectivity index (χ4n) is 3.06. The van der Waals surface area contributed by atoms with Crippen molar-refractivity contribution in [3.8, 4) is 11.4 Å². The first-order valence-corrected chi connectivity index (χ1v) is 8.41. The van der Waals surface area contributed by atoms with Crippen LogP contribution in [0.15, 0.2) is 47.8 Å². The molecule has 3 aromatic rings. The van der Waals surface area contributed by atoms with Crippen LogP contribution in [-0.2, 0) is 19.5 Å². The Morgan fingerprint density at radius 3 is 2.84 bits per heavy atom. The first kappa shape index (κ1) is 15.9. The van der Waals surface area contributed by atoms with Gasteiger partial charge < -0.3 is 4.98 Å². The van der Waals surface area contributed by atoms with Crippen LogP contribution in [0.3, 0.4) is 0 Å². The fourth-order valence-corrected chi connectivity index (χ4v) is 3.26. The SMILES string of the molecule is O=c1[nH]c(-c2ccncc2)nc2c1CN(Cc1cncc(Cl)c1)CC2. The monoisotopic (exact) mass is 353 g/mol. The fraction of sp³-hybridized carbons (Fsp3) is 0.222. The van der Waals surface area contributed by atoms with Crippen molar-refractivity contribution >= 4 is 11.6 Å². The predicted octanol–water partition coefficient (Wildman–Crippen LogP) is 2.44. The molecule has 3 aromatic heterocycles. The number of halogens is 1. The second kappa shape index (κ2) is 6.74. The molecule has 0 aliphatic carbocycles. The van der Waals surface area contributed by atoms with Gasteiger partial charge in [0.25, 0.3) is 5.56 Å². The molecule has 7 heteroatoms. The Hall–Kier alpha value is -2.57. The number of fused-ring (bicyclic) bond motifs is 1. The highest BCUT2D eigenvalue weighted by Gasteiger charge is 2.21. The third-order valence-corrected chi connectivity index (χ3v) is 4.48. The van der Waals surface area contributed by atoms with E-state index in [-0.39, 0.29) is 5.56 Å². The van der Waals surface area contributed by atoms with Crippen molar-refractivity contribution in [2.45, 2.75) is 19.5 Å². The number of hydrogen-bond donors (Lipinski definition) is 1. The van der Waals surface area contributed by atoms with Crippen molar-refractivity contribution < 1.29 is 0 Å². The van der Waals surface area contributed by atoms with Gasteiger partial charge in [0, 0.05) is 56.4 Å². The zero-order valence-electron chi connectivity index (χ0n) is 13.4. The molecule has 1 aliphatic rings. The highest BCUT2D eigenvalue weighted by atomic mass is 35.5. The van der Waals surface area contributed by atoms with E-state index in [0.29, 0.717) is 23.9 Å². The van der Waals surface area contributed by atoms with E-state index < -0.39 is 0 Å². The number of H-pyrrole nitrogens is 1. The topological polar surface area (TPSA) is 74.8 Å².